The maximum Gasteiger partial charge on any atom is 0.402 e. The van der Waals surface area contributed by atoms with Crippen molar-refractivity contribution in [2.24, 2.45) is 0 Å². The van der Waals surface area contributed by atoms with Crippen molar-refractivity contribution in [2.75, 3.05) is 13.6 Å². The molecule has 1 aromatic rings. The molecule has 1 N–H and O–H groups in total. The number of rotatable bonds is 5. The number of aliphatic hydroxyl groups excluding tert-OH is 1. The highest BCUT2D eigenvalue weighted by Gasteiger charge is 2.36. The van der Waals surface area contributed by atoms with Crippen LogP contribution >= 0.6 is 0 Å². The van der Waals surface area contributed by atoms with Gasteiger partial charge < -0.3 is 9.67 Å². The normalized spacial score (nSPS) is 16.9. The van der Waals surface area contributed by atoms with Crippen LogP contribution in [0, 0.1) is 0 Å². The molecule has 1 aliphatic rings. The Morgan fingerprint density at radius 2 is 2.05 bits per heavy atom. The van der Waals surface area contributed by atoms with Crippen molar-refractivity contribution < 1.29 is 26.7 Å². The molecule has 9 heteroatoms. The van der Waals surface area contributed by atoms with E-state index in [1.165, 1.54) is 12.3 Å². The van der Waals surface area contributed by atoms with E-state index in [0.29, 0.717) is 5.69 Å². The molecule has 0 saturated heterocycles. The predicted molar refractivity (Wildman–Crippen MR) is 64.5 cm³/mol. The van der Waals surface area contributed by atoms with E-state index in [9.17, 15) is 26.7 Å². The van der Waals surface area contributed by atoms with Crippen molar-refractivity contribution in [3.8, 4) is 0 Å². The van der Waals surface area contributed by atoms with Crippen LogP contribution in [0.15, 0.2) is 17.2 Å². The summed E-state index contributed by atoms with van der Waals surface area (Å²) in [7, 11) is -3.32. The minimum absolute atomic E-state index is 0.133. The Morgan fingerprint density at radius 3 is 2.50 bits per heavy atom. The van der Waals surface area contributed by atoms with Gasteiger partial charge >= 0.3 is 6.18 Å². The maximum atomic E-state index is 12.3. The van der Waals surface area contributed by atoms with Crippen LogP contribution in [-0.2, 0) is 16.6 Å². The van der Waals surface area contributed by atoms with E-state index < -0.39 is 22.7 Å². The van der Waals surface area contributed by atoms with Crippen LogP contribution in [0.5, 0.6) is 0 Å². The monoisotopic (exact) mass is 312 g/mol. The van der Waals surface area contributed by atoms with Gasteiger partial charge in [0.25, 0.3) is 0 Å². The summed E-state index contributed by atoms with van der Waals surface area (Å²) >= 11 is 0. The molecule has 1 aliphatic carbocycles. The summed E-state index contributed by atoms with van der Waals surface area (Å²) in [4.78, 5) is -0.222. The summed E-state index contributed by atoms with van der Waals surface area (Å²) in [6.45, 7) is -1.90. The van der Waals surface area contributed by atoms with E-state index >= 15 is 0 Å². The minimum Gasteiger partial charge on any atom is -0.390 e. The Bertz CT molecular complexity index is 591. The third-order valence-corrected chi connectivity index (χ3v) is 4.89. The van der Waals surface area contributed by atoms with Gasteiger partial charge in [0.15, 0.2) is 0 Å². The molecular weight excluding hydrogens is 297 g/mol. The van der Waals surface area contributed by atoms with E-state index in [2.05, 4.69) is 0 Å². The lowest BCUT2D eigenvalue weighted by atomic mass is 10.4. The van der Waals surface area contributed by atoms with E-state index in [1.54, 1.807) is 4.57 Å². The standard InChI is InChI=1S/C11H15F3N2O3S/c1-15(7-11(12,13)14)20(18,19)10-4-9(6-17)16(5-10)8-2-3-8/h4-5,8,17H,2-3,6-7H2,1H3. The quantitative estimate of drug-likeness (QED) is 0.896. The highest BCUT2D eigenvalue weighted by molar-refractivity contribution is 7.89. The second-order valence-corrected chi connectivity index (χ2v) is 6.88. The molecule has 0 amide bonds. The molecule has 0 spiro atoms. The fraction of sp³-hybridized carbons (Fsp3) is 0.636. The Morgan fingerprint density at radius 1 is 1.45 bits per heavy atom. The third kappa shape index (κ3) is 3.15. The van der Waals surface area contributed by atoms with E-state index in [0.717, 1.165) is 19.9 Å². The van der Waals surface area contributed by atoms with Gasteiger partial charge in [-0.2, -0.15) is 17.5 Å². The van der Waals surface area contributed by atoms with Crippen molar-refractivity contribution in [1.29, 1.82) is 0 Å². The molecule has 0 radical (unpaired) electrons. The second-order valence-electron chi connectivity index (χ2n) is 4.84. The average Bonchev–Trinajstić information content (AvgIpc) is 3.05. The van der Waals surface area contributed by atoms with Gasteiger partial charge in [-0.3, -0.25) is 0 Å². The number of halogens is 3. The molecule has 20 heavy (non-hydrogen) atoms. The van der Waals surface area contributed by atoms with Crippen molar-refractivity contribution in [3.05, 3.63) is 18.0 Å². The number of nitrogens with zero attached hydrogens (tertiary/aromatic N) is 2. The molecule has 0 aliphatic heterocycles. The molecule has 114 valence electrons. The molecular formula is C11H15F3N2O3S. The molecule has 1 aromatic heterocycles. The second kappa shape index (κ2) is 5.05. The average molecular weight is 312 g/mol. The summed E-state index contributed by atoms with van der Waals surface area (Å²) < 4.78 is 62.9. The van der Waals surface area contributed by atoms with Gasteiger partial charge in [0, 0.05) is 25.0 Å². The van der Waals surface area contributed by atoms with E-state index in [4.69, 9.17) is 0 Å². The summed E-state index contributed by atoms with van der Waals surface area (Å²) in [5, 5.41) is 9.19. The molecule has 5 nitrogen and oxygen atoms in total. The largest absolute Gasteiger partial charge is 0.402 e. The molecule has 0 bridgehead atoms. The molecule has 1 fully saturated rings. The van der Waals surface area contributed by atoms with Crippen LogP contribution in [-0.4, -0.2) is 42.2 Å². The van der Waals surface area contributed by atoms with Gasteiger partial charge in [-0.25, -0.2) is 8.42 Å². The van der Waals surface area contributed by atoms with Crippen LogP contribution in [0.1, 0.15) is 24.6 Å². The van der Waals surface area contributed by atoms with Gasteiger partial charge in [-0.15, -0.1) is 0 Å². The molecule has 0 unspecified atom stereocenters. The van der Waals surface area contributed by atoms with Gasteiger partial charge in [-0.1, -0.05) is 0 Å². The van der Waals surface area contributed by atoms with Crippen LogP contribution in [0.4, 0.5) is 13.2 Å². The lowest BCUT2D eigenvalue weighted by Gasteiger charge is -2.17. The highest BCUT2D eigenvalue weighted by atomic mass is 32.2. The predicted octanol–water partition coefficient (Wildman–Crippen LogP) is 1.50. The molecule has 0 atom stereocenters. The van der Waals surface area contributed by atoms with Crippen LogP contribution < -0.4 is 0 Å². The van der Waals surface area contributed by atoms with E-state index in [1.807, 2.05) is 0 Å². The van der Waals surface area contributed by atoms with Gasteiger partial charge in [0.1, 0.15) is 11.4 Å². The zero-order chi connectivity index (χ0) is 15.1. The smallest absolute Gasteiger partial charge is 0.390 e. The zero-order valence-corrected chi connectivity index (χ0v) is 11.6. The van der Waals surface area contributed by atoms with Crippen molar-refractivity contribution in [2.45, 2.75) is 36.6 Å². The fourth-order valence-corrected chi connectivity index (χ4v) is 3.18. The van der Waals surface area contributed by atoms with E-state index in [-0.39, 0.29) is 21.8 Å². The lowest BCUT2D eigenvalue weighted by Crippen LogP contribution is -2.35. The summed E-state index contributed by atoms with van der Waals surface area (Å²) in [6, 6.07) is 1.36. The molecule has 2 rings (SSSR count). The number of hydrogen-bond acceptors (Lipinski definition) is 3. The van der Waals surface area contributed by atoms with Crippen LogP contribution in [0.25, 0.3) is 0 Å². The Labute approximate surface area is 114 Å². The fourth-order valence-electron chi connectivity index (χ4n) is 1.97. The third-order valence-electron chi connectivity index (χ3n) is 3.12. The number of aromatic nitrogens is 1. The number of aliphatic hydroxyl groups is 1. The Kier molecular flexibility index (Phi) is 3.87. The maximum absolute atomic E-state index is 12.3. The van der Waals surface area contributed by atoms with Crippen LogP contribution in [0.3, 0.4) is 0 Å². The number of alkyl halides is 3. The first-order valence-corrected chi connectivity index (χ1v) is 7.44. The molecule has 1 heterocycles. The van der Waals surface area contributed by atoms with Gasteiger partial charge in [0.2, 0.25) is 10.0 Å². The van der Waals surface area contributed by atoms with Gasteiger partial charge in [-0.05, 0) is 18.9 Å². The number of hydrogen-bond donors (Lipinski definition) is 1. The first-order valence-electron chi connectivity index (χ1n) is 6.00. The molecule has 0 aromatic carbocycles. The number of sulfonamides is 1. The van der Waals surface area contributed by atoms with Crippen LogP contribution in [0.2, 0.25) is 0 Å². The zero-order valence-electron chi connectivity index (χ0n) is 10.8. The topological polar surface area (TPSA) is 62.5 Å². The first kappa shape index (κ1) is 15.3. The SMILES string of the molecule is CN(CC(F)(F)F)S(=O)(=O)c1cc(CO)n(C2CC2)c1. The Hall–Kier alpha value is -1.06. The Balaban J connectivity index is 2.29. The van der Waals surface area contributed by atoms with Crippen molar-refractivity contribution in [1.82, 2.24) is 8.87 Å². The first-order chi connectivity index (χ1) is 9.15. The van der Waals surface area contributed by atoms with Crippen molar-refractivity contribution >= 4 is 10.0 Å². The summed E-state index contributed by atoms with van der Waals surface area (Å²) in [5.74, 6) is 0. The summed E-state index contributed by atoms with van der Waals surface area (Å²) in [6.07, 6.45) is -1.55. The van der Waals surface area contributed by atoms with Crippen molar-refractivity contribution in [3.63, 3.8) is 0 Å². The minimum atomic E-state index is -4.60. The molecule has 1 saturated carbocycles. The summed E-state index contributed by atoms with van der Waals surface area (Å²) in [5.41, 5.74) is 0.395. The van der Waals surface area contributed by atoms with Gasteiger partial charge in [0.05, 0.1) is 6.61 Å². The lowest BCUT2D eigenvalue weighted by molar-refractivity contribution is -0.134. The highest BCUT2D eigenvalue weighted by Crippen LogP contribution is 2.37.